The number of hydrogen-bond donors (Lipinski definition) is 0. The Kier molecular flexibility index (Phi) is 3.58. The fraction of sp³-hybridized carbons (Fsp3) is 0.214. The molecule has 0 aliphatic carbocycles. The lowest BCUT2D eigenvalue weighted by Crippen LogP contribution is -2.02. The fourth-order valence-electron chi connectivity index (χ4n) is 2.13. The number of methoxy groups -OCH3 is 2. The molecule has 6 nitrogen and oxygen atoms in total. The lowest BCUT2D eigenvalue weighted by molar-refractivity contribution is 0.143. The Bertz CT molecular complexity index is 820. The fourth-order valence-corrected chi connectivity index (χ4v) is 2.13. The SMILES string of the molecule is COc1ccc(-c2cc(C(F)F)n3ncnc3n2)cc1OC. The summed E-state index contributed by atoms with van der Waals surface area (Å²) < 4.78 is 37.7. The average molecular weight is 306 g/mol. The zero-order valence-corrected chi connectivity index (χ0v) is 11.8. The van der Waals surface area contributed by atoms with Gasteiger partial charge in [-0.3, -0.25) is 0 Å². The maximum absolute atomic E-state index is 13.2. The number of aromatic nitrogens is 4. The number of benzene rings is 1. The van der Waals surface area contributed by atoms with E-state index in [1.807, 2.05) is 0 Å². The van der Waals surface area contributed by atoms with Gasteiger partial charge in [-0.1, -0.05) is 0 Å². The summed E-state index contributed by atoms with van der Waals surface area (Å²) in [4.78, 5) is 8.11. The largest absolute Gasteiger partial charge is 0.493 e. The van der Waals surface area contributed by atoms with Gasteiger partial charge in [0.05, 0.1) is 19.9 Å². The normalized spacial score (nSPS) is 11.1. The molecule has 0 fully saturated rings. The van der Waals surface area contributed by atoms with Crippen molar-refractivity contribution in [2.75, 3.05) is 14.2 Å². The highest BCUT2D eigenvalue weighted by Gasteiger charge is 2.17. The van der Waals surface area contributed by atoms with E-state index >= 15 is 0 Å². The maximum Gasteiger partial charge on any atom is 0.280 e. The van der Waals surface area contributed by atoms with Gasteiger partial charge in [-0.25, -0.2) is 13.8 Å². The van der Waals surface area contributed by atoms with Crippen molar-refractivity contribution < 1.29 is 18.3 Å². The minimum Gasteiger partial charge on any atom is -0.493 e. The van der Waals surface area contributed by atoms with Gasteiger partial charge >= 0.3 is 0 Å². The Labute approximate surface area is 124 Å². The van der Waals surface area contributed by atoms with Gasteiger partial charge in [0.15, 0.2) is 11.5 Å². The molecule has 8 heteroatoms. The molecule has 0 spiro atoms. The van der Waals surface area contributed by atoms with Crippen LogP contribution in [0.5, 0.6) is 11.5 Å². The van der Waals surface area contributed by atoms with Crippen molar-refractivity contribution in [2.24, 2.45) is 0 Å². The van der Waals surface area contributed by atoms with Crippen LogP contribution >= 0.6 is 0 Å². The molecule has 0 radical (unpaired) electrons. The molecule has 3 rings (SSSR count). The first-order valence-corrected chi connectivity index (χ1v) is 6.35. The summed E-state index contributed by atoms with van der Waals surface area (Å²) in [5.41, 5.74) is 0.703. The van der Waals surface area contributed by atoms with Crippen LogP contribution in [0.15, 0.2) is 30.6 Å². The van der Waals surface area contributed by atoms with Crippen molar-refractivity contribution in [3.63, 3.8) is 0 Å². The first kappa shape index (κ1) is 14.2. The molecule has 0 amide bonds. The molecule has 0 aliphatic heterocycles. The predicted octanol–water partition coefficient (Wildman–Crippen LogP) is 2.75. The van der Waals surface area contributed by atoms with Crippen molar-refractivity contribution in [1.82, 2.24) is 19.6 Å². The van der Waals surface area contributed by atoms with E-state index in [2.05, 4.69) is 15.1 Å². The monoisotopic (exact) mass is 306 g/mol. The summed E-state index contributed by atoms with van der Waals surface area (Å²) in [5, 5.41) is 3.75. The van der Waals surface area contributed by atoms with Crippen LogP contribution < -0.4 is 9.47 Å². The van der Waals surface area contributed by atoms with E-state index in [1.165, 1.54) is 26.6 Å². The smallest absolute Gasteiger partial charge is 0.280 e. The lowest BCUT2D eigenvalue weighted by atomic mass is 10.1. The lowest BCUT2D eigenvalue weighted by Gasteiger charge is -2.10. The Hall–Kier alpha value is -2.77. The van der Waals surface area contributed by atoms with Crippen molar-refractivity contribution in [2.45, 2.75) is 6.43 Å². The molecule has 0 N–H and O–H groups in total. The molecule has 0 aliphatic rings. The summed E-state index contributed by atoms with van der Waals surface area (Å²) in [7, 11) is 3.02. The first-order chi connectivity index (χ1) is 10.6. The van der Waals surface area contributed by atoms with Crippen LogP contribution in [-0.4, -0.2) is 33.8 Å². The molecule has 3 aromatic rings. The van der Waals surface area contributed by atoms with Crippen LogP contribution in [0.3, 0.4) is 0 Å². The third-order valence-electron chi connectivity index (χ3n) is 3.18. The summed E-state index contributed by atoms with van der Waals surface area (Å²) in [6, 6.07) is 6.36. The Morgan fingerprint density at radius 1 is 1.09 bits per heavy atom. The van der Waals surface area contributed by atoms with Crippen molar-refractivity contribution >= 4 is 5.78 Å². The third-order valence-corrected chi connectivity index (χ3v) is 3.18. The molecule has 0 unspecified atom stereocenters. The van der Waals surface area contributed by atoms with Gasteiger partial charge < -0.3 is 9.47 Å². The number of hydrogen-bond acceptors (Lipinski definition) is 5. The molecular weight excluding hydrogens is 294 g/mol. The van der Waals surface area contributed by atoms with E-state index in [1.54, 1.807) is 18.2 Å². The van der Waals surface area contributed by atoms with Crippen LogP contribution in [0.25, 0.3) is 17.0 Å². The van der Waals surface area contributed by atoms with Crippen LogP contribution in [-0.2, 0) is 0 Å². The van der Waals surface area contributed by atoms with Gasteiger partial charge in [0.25, 0.3) is 12.2 Å². The van der Waals surface area contributed by atoms with Gasteiger partial charge in [-0.2, -0.15) is 14.6 Å². The second-order valence-electron chi connectivity index (χ2n) is 4.41. The van der Waals surface area contributed by atoms with E-state index in [4.69, 9.17) is 9.47 Å². The minimum absolute atomic E-state index is 0.114. The Morgan fingerprint density at radius 3 is 2.55 bits per heavy atom. The van der Waals surface area contributed by atoms with E-state index in [0.29, 0.717) is 22.8 Å². The van der Waals surface area contributed by atoms with Crippen molar-refractivity contribution in [1.29, 1.82) is 0 Å². The molecular formula is C14H12F2N4O2. The molecule has 2 heterocycles. The van der Waals surface area contributed by atoms with Crippen LogP contribution in [0, 0.1) is 0 Å². The number of alkyl halides is 2. The molecule has 0 saturated carbocycles. The Morgan fingerprint density at radius 2 is 1.86 bits per heavy atom. The number of nitrogens with zero attached hydrogens (tertiary/aromatic N) is 4. The molecule has 1 aromatic carbocycles. The highest BCUT2D eigenvalue weighted by Crippen LogP contribution is 2.32. The Balaban J connectivity index is 2.17. The number of rotatable bonds is 4. The molecule has 114 valence electrons. The maximum atomic E-state index is 13.2. The number of ether oxygens (including phenoxy) is 2. The topological polar surface area (TPSA) is 61.5 Å². The highest BCUT2D eigenvalue weighted by atomic mass is 19.3. The molecule has 0 saturated heterocycles. The zero-order valence-electron chi connectivity index (χ0n) is 11.8. The second kappa shape index (κ2) is 5.55. The molecule has 2 aromatic heterocycles. The number of fused-ring (bicyclic) bond motifs is 1. The molecule has 0 atom stereocenters. The summed E-state index contributed by atoms with van der Waals surface area (Å²) in [6.07, 6.45) is -1.50. The predicted molar refractivity (Wildman–Crippen MR) is 74.3 cm³/mol. The highest BCUT2D eigenvalue weighted by molar-refractivity contribution is 5.65. The second-order valence-corrected chi connectivity index (χ2v) is 4.41. The van der Waals surface area contributed by atoms with E-state index in [0.717, 1.165) is 4.52 Å². The van der Waals surface area contributed by atoms with Gasteiger partial charge in [-0.05, 0) is 24.3 Å². The van der Waals surface area contributed by atoms with Crippen LogP contribution in [0.4, 0.5) is 8.78 Å². The third kappa shape index (κ3) is 2.32. The number of halogens is 2. The quantitative estimate of drug-likeness (QED) is 0.741. The van der Waals surface area contributed by atoms with Gasteiger partial charge in [0.1, 0.15) is 12.0 Å². The van der Waals surface area contributed by atoms with E-state index in [9.17, 15) is 8.78 Å². The van der Waals surface area contributed by atoms with E-state index in [-0.39, 0.29) is 11.5 Å². The van der Waals surface area contributed by atoms with Crippen LogP contribution in [0.1, 0.15) is 12.1 Å². The summed E-state index contributed by atoms with van der Waals surface area (Å²) in [6.45, 7) is 0. The molecule has 22 heavy (non-hydrogen) atoms. The molecule has 0 bridgehead atoms. The van der Waals surface area contributed by atoms with Crippen molar-refractivity contribution in [3.8, 4) is 22.8 Å². The first-order valence-electron chi connectivity index (χ1n) is 6.35. The van der Waals surface area contributed by atoms with Crippen molar-refractivity contribution in [3.05, 3.63) is 36.3 Å². The van der Waals surface area contributed by atoms with Gasteiger partial charge in [0, 0.05) is 5.56 Å². The van der Waals surface area contributed by atoms with Crippen LogP contribution in [0.2, 0.25) is 0 Å². The van der Waals surface area contributed by atoms with Gasteiger partial charge in [0.2, 0.25) is 0 Å². The minimum atomic E-state index is -2.69. The average Bonchev–Trinajstić information content (AvgIpc) is 3.01. The van der Waals surface area contributed by atoms with E-state index < -0.39 is 6.43 Å². The summed E-state index contributed by atoms with van der Waals surface area (Å²) >= 11 is 0. The van der Waals surface area contributed by atoms with Gasteiger partial charge in [-0.15, -0.1) is 0 Å². The summed E-state index contributed by atoms with van der Waals surface area (Å²) in [5.74, 6) is 1.15. The standard InChI is InChI=1S/C14H12F2N4O2/c1-21-11-4-3-8(5-12(11)22-2)9-6-10(13(15)16)20-14(19-9)17-7-18-20/h3-7,13H,1-2H3. The zero-order chi connectivity index (χ0) is 15.7.